The quantitative estimate of drug-likeness (QED) is 0.607. The second-order valence-corrected chi connectivity index (χ2v) is 8.65. The molecule has 1 saturated heterocycles. The highest BCUT2D eigenvalue weighted by Gasteiger charge is 2.42. The van der Waals surface area contributed by atoms with Crippen LogP contribution in [0.5, 0.6) is 0 Å². The van der Waals surface area contributed by atoms with Crippen molar-refractivity contribution in [3.8, 4) is 0 Å². The van der Waals surface area contributed by atoms with Crippen molar-refractivity contribution >= 4 is 39.5 Å². The number of hydrogen-bond acceptors (Lipinski definition) is 7. The Hall–Kier alpha value is -2.75. The zero-order chi connectivity index (χ0) is 20.0. The Morgan fingerprint density at radius 1 is 1.28 bits per heavy atom. The van der Waals surface area contributed by atoms with E-state index in [1.54, 1.807) is 0 Å². The monoisotopic (exact) mass is 412 g/mol. The van der Waals surface area contributed by atoms with Gasteiger partial charge in [-0.2, -0.15) is 4.37 Å². The third-order valence-electron chi connectivity index (χ3n) is 5.90. The number of anilines is 2. The molecule has 0 unspecified atom stereocenters. The Balaban J connectivity index is 1.19. The lowest BCUT2D eigenvalue weighted by Crippen LogP contribution is -2.34. The number of likely N-dealkylation sites (tertiary alicyclic amines) is 1. The van der Waals surface area contributed by atoms with Crippen LogP contribution < -0.4 is 10.6 Å². The Morgan fingerprint density at radius 3 is 2.79 bits per heavy atom. The lowest BCUT2D eigenvalue weighted by atomic mass is 10.0. The Labute approximate surface area is 172 Å². The van der Waals surface area contributed by atoms with E-state index in [1.807, 2.05) is 31.0 Å². The number of hydrogen-bond donors (Lipinski definition) is 3. The molecular weight excluding hydrogens is 388 g/mol. The van der Waals surface area contributed by atoms with Crippen LogP contribution in [0.2, 0.25) is 0 Å². The minimum Gasteiger partial charge on any atom is -0.367 e. The number of carbonyl (C=O) groups is 1. The molecule has 9 nitrogen and oxygen atoms in total. The average molecular weight is 413 g/mol. The van der Waals surface area contributed by atoms with Crippen molar-refractivity contribution in [2.75, 3.05) is 23.7 Å². The number of H-pyrrole nitrogens is 1. The molecule has 3 aromatic rings. The molecule has 0 aromatic carbocycles. The molecule has 29 heavy (non-hydrogen) atoms. The van der Waals surface area contributed by atoms with Gasteiger partial charge in [0.1, 0.15) is 23.1 Å². The van der Waals surface area contributed by atoms with E-state index in [0.717, 1.165) is 60.9 Å². The number of amides is 2. The first-order valence-electron chi connectivity index (χ1n) is 10.1. The fourth-order valence-corrected chi connectivity index (χ4v) is 5.20. The predicted octanol–water partition coefficient (Wildman–Crippen LogP) is 3.03. The van der Waals surface area contributed by atoms with Gasteiger partial charge < -0.3 is 15.2 Å². The molecule has 0 spiro atoms. The molecule has 3 aromatic heterocycles. The number of aromatic amines is 1. The van der Waals surface area contributed by atoms with Crippen LogP contribution in [0, 0.1) is 18.8 Å². The molecule has 3 atom stereocenters. The van der Waals surface area contributed by atoms with E-state index in [4.69, 9.17) is 0 Å². The van der Waals surface area contributed by atoms with E-state index in [1.165, 1.54) is 11.5 Å². The lowest BCUT2D eigenvalue weighted by Gasteiger charge is -2.20. The molecule has 0 bridgehead atoms. The summed E-state index contributed by atoms with van der Waals surface area (Å²) in [5.74, 6) is 3.46. The number of fused-ring (bicyclic) bond motifs is 2. The topological polar surface area (TPSA) is 112 Å². The number of aromatic nitrogens is 5. The molecule has 2 aliphatic rings. The zero-order valence-corrected chi connectivity index (χ0v) is 17.3. The van der Waals surface area contributed by atoms with Gasteiger partial charge in [-0.3, -0.25) is 5.32 Å². The SMILES string of the molecule is CCc1nsc(NC(=O)N2C[C@H]3C[C@@H](Nc4nc(C)nc5[nH]ccc45)C[C@H]3C2)n1. The molecule has 5 rings (SSSR count). The van der Waals surface area contributed by atoms with E-state index in [2.05, 4.69) is 34.9 Å². The van der Waals surface area contributed by atoms with Crippen LogP contribution in [-0.4, -0.2) is 54.4 Å². The Bertz CT molecular complexity index is 1030. The highest BCUT2D eigenvalue weighted by atomic mass is 32.1. The fourth-order valence-electron chi connectivity index (χ4n) is 4.56. The second kappa shape index (κ2) is 7.25. The number of nitrogens with zero attached hydrogens (tertiary/aromatic N) is 5. The van der Waals surface area contributed by atoms with Crippen LogP contribution in [-0.2, 0) is 6.42 Å². The number of rotatable bonds is 4. The predicted molar refractivity (Wildman–Crippen MR) is 112 cm³/mol. The van der Waals surface area contributed by atoms with Crippen molar-refractivity contribution in [3.63, 3.8) is 0 Å². The molecule has 2 amide bonds. The number of urea groups is 1. The van der Waals surface area contributed by atoms with Crippen LogP contribution in [0.15, 0.2) is 12.3 Å². The summed E-state index contributed by atoms with van der Waals surface area (Å²) in [5.41, 5.74) is 0.865. The largest absolute Gasteiger partial charge is 0.367 e. The number of nitrogens with one attached hydrogen (secondary N) is 3. The number of aryl methyl sites for hydroxylation is 2. The summed E-state index contributed by atoms with van der Waals surface area (Å²) in [6, 6.07) is 2.32. The molecule has 0 radical (unpaired) electrons. The van der Waals surface area contributed by atoms with Crippen molar-refractivity contribution in [1.29, 1.82) is 0 Å². The van der Waals surface area contributed by atoms with Crippen LogP contribution in [0.3, 0.4) is 0 Å². The van der Waals surface area contributed by atoms with Gasteiger partial charge in [-0.15, -0.1) is 0 Å². The van der Waals surface area contributed by atoms with Gasteiger partial charge in [0, 0.05) is 43.3 Å². The highest BCUT2D eigenvalue weighted by molar-refractivity contribution is 7.09. The van der Waals surface area contributed by atoms with Gasteiger partial charge in [0.15, 0.2) is 0 Å². The van der Waals surface area contributed by atoms with Crippen molar-refractivity contribution in [1.82, 2.24) is 29.2 Å². The summed E-state index contributed by atoms with van der Waals surface area (Å²) in [4.78, 5) is 31.0. The molecule has 2 fully saturated rings. The van der Waals surface area contributed by atoms with E-state index >= 15 is 0 Å². The van der Waals surface area contributed by atoms with E-state index in [-0.39, 0.29) is 6.03 Å². The van der Waals surface area contributed by atoms with Crippen molar-refractivity contribution in [2.45, 2.75) is 39.2 Å². The van der Waals surface area contributed by atoms with Gasteiger partial charge in [-0.1, -0.05) is 6.92 Å². The minimum absolute atomic E-state index is 0.0665. The minimum atomic E-state index is -0.0665. The maximum absolute atomic E-state index is 12.6. The summed E-state index contributed by atoms with van der Waals surface area (Å²) >= 11 is 1.24. The summed E-state index contributed by atoms with van der Waals surface area (Å²) in [5, 5.41) is 8.13. The van der Waals surface area contributed by atoms with Gasteiger partial charge in [-0.05, 0) is 37.7 Å². The molecular formula is C19H24N8OS. The lowest BCUT2D eigenvalue weighted by molar-refractivity contribution is 0.218. The molecule has 1 aliphatic heterocycles. The van der Waals surface area contributed by atoms with E-state index in [9.17, 15) is 4.79 Å². The Morgan fingerprint density at radius 2 is 2.07 bits per heavy atom. The number of carbonyl (C=O) groups excluding carboxylic acids is 1. The van der Waals surface area contributed by atoms with E-state index in [0.29, 0.717) is 23.0 Å². The summed E-state index contributed by atoms with van der Waals surface area (Å²) in [6.07, 6.45) is 4.76. The van der Waals surface area contributed by atoms with Crippen LogP contribution in [0.25, 0.3) is 11.0 Å². The maximum Gasteiger partial charge on any atom is 0.323 e. The standard InChI is InChI=1S/C19H24N8OS/c1-3-15-24-18(29-26-15)25-19(28)27-8-11-6-13(7-12(11)9-27)23-17-14-4-5-20-16(14)21-10(2)22-17/h4-5,11-13H,3,6-9H2,1-2H3,(H2,20,21,22,23)(H,24,25,26,28)/t11-,12+,13-. The molecule has 152 valence electrons. The zero-order valence-electron chi connectivity index (χ0n) is 16.5. The van der Waals surface area contributed by atoms with Gasteiger partial charge in [0.2, 0.25) is 5.13 Å². The normalized spacial score (nSPS) is 23.5. The first-order valence-corrected chi connectivity index (χ1v) is 10.8. The van der Waals surface area contributed by atoms with E-state index < -0.39 is 0 Å². The highest BCUT2D eigenvalue weighted by Crippen LogP contribution is 2.39. The third-order valence-corrected chi connectivity index (χ3v) is 6.57. The van der Waals surface area contributed by atoms with Gasteiger partial charge in [0.05, 0.1) is 5.39 Å². The fraction of sp³-hybridized carbons (Fsp3) is 0.526. The second-order valence-electron chi connectivity index (χ2n) is 7.90. The molecule has 10 heteroatoms. The van der Waals surface area contributed by atoms with Crippen molar-refractivity contribution in [2.24, 2.45) is 11.8 Å². The van der Waals surface area contributed by atoms with Crippen LogP contribution in [0.4, 0.5) is 15.7 Å². The first kappa shape index (κ1) is 18.3. The van der Waals surface area contributed by atoms with Gasteiger partial charge in [0.25, 0.3) is 0 Å². The molecule has 4 heterocycles. The maximum atomic E-state index is 12.6. The van der Waals surface area contributed by atoms with Crippen molar-refractivity contribution < 1.29 is 4.79 Å². The molecule has 3 N–H and O–H groups in total. The summed E-state index contributed by atoms with van der Waals surface area (Å²) in [7, 11) is 0. The molecule has 1 aliphatic carbocycles. The summed E-state index contributed by atoms with van der Waals surface area (Å²) < 4.78 is 4.22. The smallest absolute Gasteiger partial charge is 0.323 e. The van der Waals surface area contributed by atoms with Crippen LogP contribution >= 0.6 is 11.5 Å². The third kappa shape index (κ3) is 3.52. The summed E-state index contributed by atoms with van der Waals surface area (Å²) in [6.45, 7) is 5.49. The first-order chi connectivity index (χ1) is 14.1. The van der Waals surface area contributed by atoms with Gasteiger partial charge >= 0.3 is 6.03 Å². The van der Waals surface area contributed by atoms with Gasteiger partial charge in [-0.25, -0.2) is 19.7 Å². The molecule has 1 saturated carbocycles. The Kier molecular flexibility index (Phi) is 4.57. The average Bonchev–Trinajstić information content (AvgIpc) is 3.44. The van der Waals surface area contributed by atoms with Crippen LogP contribution in [0.1, 0.15) is 31.4 Å². The van der Waals surface area contributed by atoms with Crippen molar-refractivity contribution in [3.05, 3.63) is 23.9 Å².